The van der Waals surface area contributed by atoms with Gasteiger partial charge in [-0.1, -0.05) is 43.2 Å². The number of hydrogen-bond donors (Lipinski definition) is 2. The monoisotopic (exact) mass is 244 g/mol. The van der Waals surface area contributed by atoms with E-state index in [1.807, 2.05) is 18.2 Å². The fourth-order valence-corrected chi connectivity index (χ4v) is 2.35. The molecule has 0 atom stereocenters. The zero-order chi connectivity index (χ0) is 12.8. The molecule has 2 N–H and O–H groups in total. The number of aromatic hydroxyl groups is 1. The van der Waals surface area contributed by atoms with Crippen molar-refractivity contribution in [1.82, 2.24) is 0 Å². The van der Waals surface area contributed by atoms with E-state index in [0.717, 1.165) is 43.1 Å². The molecule has 2 aromatic rings. The van der Waals surface area contributed by atoms with Crippen molar-refractivity contribution in [2.75, 3.05) is 6.61 Å². The number of hydrogen-bond acceptors (Lipinski definition) is 2. The Balaban J connectivity index is 2.09. The third-order valence-corrected chi connectivity index (χ3v) is 3.35. The molecule has 0 amide bonds. The number of benzene rings is 2. The van der Waals surface area contributed by atoms with Gasteiger partial charge in [0.25, 0.3) is 0 Å². The normalized spacial score (nSPS) is 10.9. The van der Waals surface area contributed by atoms with E-state index in [2.05, 4.69) is 12.1 Å². The second-order valence-electron chi connectivity index (χ2n) is 4.67. The molecule has 0 aromatic heterocycles. The molecule has 18 heavy (non-hydrogen) atoms. The Morgan fingerprint density at radius 3 is 2.44 bits per heavy atom. The molecule has 0 radical (unpaired) electrons. The van der Waals surface area contributed by atoms with E-state index in [4.69, 9.17) is 5.11 Å². The third-order valence-electron chi connectivity index (χ3n) is 3.35. The first-order valence-corrected chi connectivity index (χ1v) is 6.63. The highest BCUT2D eigenvalue weighted by Crippen LogP contribution is 2.28. The van der Waals surface area contributed by atoms with Gasteiger partial charge < -0.3 is 10.2 Å². The number of aryl methyl sites for hydroxylation is 1. The maximum Gasteiger partial charge on any atom is 0.119 e. The van der Waals surface area contributed by atoms with Crippen LogP contribution < -0.4 is 0 Å². The zero-order valence-corrected chi connectivity index (χ0v) is 10.6. The summed E-state index contributed by atoms with van der Waals surface area (Å²) in [5.41, 5.74) is 1.05. The van der Waals surface area contributed by atoms with Gasteiger partial charge in [-0.05, 0) is 36.1 Å². The van der Waals surface area contributed by atoms with E-state index < -0.39 is 0 Å². The van der Waals surface area contributed by atoms with Crippen molar-refractivity contribution in [3.8, 4) is 5.75 Å². The summed E-state index contributed by atoms with van der Waals surface area (Å²) in [5.74, 6) is 0.399. The van der Waals surface area contributed by atoms with Crippen LogP contribution in [0.3, 0.4) is 0 Å². The van der Waals surface area contributed by atoms with Gasteiger partial charge in [0, 0.05) is 12.2 Å². The van der Waals surface area contributed by atoms with Crippen LogP contribution in [0.2, 0.25) is 0 Å². The van der Waals surface area contributed by atoms with Gasteiger partial charge in [-0.25, -0.2) is 0 Å². The average molecular weight is 244 g/mol. The van der Waals surface area contributed by atoms with Crippen LogP contribution in [0.25, 0.3) is 10.8 Å². The molecule has 2 nitrogen and oxygen atoms in total. The zero-order valence-electron chi connectivity index (χ0n) is 10.6. The van der Waals surface area contributed by atoms with Crippen molar-refractivity contribution in [3.63, 3.8) is 0 Å². The summed E-state index contributed by atoms with van der Waals surface area (Å²) in [7, 11) is 0. The first kappa shape index (κ1) is 12.9. The number of phenols is 1. The first-order valence-electron chi connectivity index (χ1n) is 6.63. The molecular formula is C16H20O2. The summed E-state index contributed by atoms with van der Waals surface area (Å²) in [6.45, 7) is 0.277. The summed E-state index contributed by atoms with van der Waals surface area (Å²) >= 11 is 0. The van der Waals surface area contributed by atoms with Crippen molar-refractivity contribution in [1.29, 1.82) is 0 Å². The smallest absolute Gasteiger partial charge is 0.119 e. The van der Waals surface area contributed by atoms with E-state index >= 15 is 0 Å². The van der Waals surface area contributed by atoms with Crippen LogP contribution in [-0.4, -0.2) is 16.8 Å². The molecule has 0 aliphatic carbocycles. The molecule has 2 aromatic carbocycles. The van der Waals surface area contributed by atoms with Crippen molar-refractivity contribution < 1.29 is 10.2 Å². The second-order valence-corrected chi connectivity index (χ2v) is 4.67. The summed E-state index contributed by atoms with van der Waals surface area (Å²) in [4.78, 5) is 0. The van der Waals surface area contributed by atoms with E-state index in [9.17, 15) is 5.11 Å². The Bertz CT molecular complexity index is 505. The fraction of sp³-hybridized carbons (Fsp3) is 0.375. The lowest BCUT2D eigenvalue weighted by Crippen LogP contribution is -1.90. The van der Waals surface area contributed by atoms with Gasteiger partial charge >= 0.3 is 0 Å². The number of fused-ring (bicyclic) bond motifs is 1. The lowest BCUT2D eigenvalue weighted by molar-refractivity contribution is 0.282. The fourth-order valence-electron chi connectivity index (χ4n) is 2.35. The van der Waals surface area contributed by atoms with Crippen LogP contribution in [0, 0.1) is 0 Å². The molecule has 0 heterocycles. The highest BCUT2D eigenvalue weighted by atomic mass is 16.3. The topological polar surface area (TPSA) is 40.5 Å². The molecule has 96 valence electrons. The number of phenolic OH excluding ortho intramolecular Hbond substituents is 1. The highest BCUT2D eigenvalue weighted by Gasteiger charge is 2.06. The molecule has 0 spiro atoms. The summed E-state index contributed by atoms with van der Waals surface area (Å²) in [6.07, 6.45) is 4.99. The summed E-state index contributed by atoms with van der Waals surface area (Å²) in [6, 6.07) is 11.9. The minimum absolute atomic E-state index is 0.277. The highest BCUT2D eigenvalue weighted by molar-refractivity contribution is 5.87. The molecule has 0 aliphatic rings. The minimum Gasteiger partial charge on any atom is -0.508 e. The lowest BCUT2D eigenvalue weighted by Gasteiger charge is -2.09. The van der Waals surface area contributed by atoms with Crippen molar-refractivity contribution in [2.24, 2.45) is 0 Å². The predicted octanol–water partition coefficient (Wildman–Crippen LogP) is 3.64. The molecular weight excluding hydrogens is 224 g/mol. The SMILES string of the molecule is OCCCCCCc1c(O)ccc2ccccc12. The number of aliphatic hydroxyl groups excluding tert-OH is 1. The second kappa shape index (κ2) is 6.41. The van der Waals surface area contributed by atoms with Gasteiger partial charge in [-0.2, -0.15) is 0 Å². The first-order chi connectivity index (χ1) is 8.83. The standard InChI is InChI=1S/C16H20O2/c17-12-6-2-1-3-9-15-14-8-5-4-7-13(14)10-11-16(15)18/h4-5,7-8,10-11,17-18H,1-3,6,9,12H2. The molecule has 0 fully saturated rings. The van der Waals surface area contributed by atoms with Crippen molar-refractivity contribution >= 4 is 10.8 Å². The summed E-state index contributed by atoms with van der Waals surface area (Å²) in [5, 5.41) is 21.0. The van der Waals surface area contributed by atoms with Gasteiger partial charge in [0.2, 0.25) is 0 Å². The third kappa shape index (κ3) is 3.02. The van der Waals surface area contributed by atoms with Gasteiger partial charge in [0.1, 0.15) is 5.75 Å². The molecule has 0 saturated carbocycles. The maximum atomic E-state index is 9.97. The van der Waals surface area contributed by atoms with E-state index in [1.165, 1.54) is 5.39 Å². The molecule has 0 saturated heterocycles. The van der Waals surface area contributed by atoms with Gasteiger partial charge in [-0.15, -0.1) is 0 Å². The average Bonchev–Trinajstić information content (AvgIpc) is 2.41. The van der Waals surface area contributed by atoms with Crippen molar-refractivity contribution in [3.05, 3.63) is 42.0 Å². The molecule has 2 rings (SSSR count). The predicted molar refractivity (Wildman–Crippen MR) is 74.9 cm³/mol. The quantitative estimate of drug-likeness (QED) is 0.762. The molecule has 0 unspecified atom stereocenters. The van der Waals surface area contributed by atoms with E-state index in [0.29, 0.717) is 5.75 Å². The Kier molecular flexibility index (Phi) is 4.59. The number of unbranched alkanes of at least 4 members (excludes halogenated alkanes) is 3. The molecule has 0 aliphatic heterocycles. The lowest BCUT2D eigenvalue weighted by atomic mass is 9.98. The van der Waals surface area contributed by atoms with Crippen LogP contribution in [0.5, 0.6) is 5.75 Å². The Labute approximate surface area is 108 Å². The van der Waals surface area contributed by atoms with E-state index in [-0.39, 0.29) is 6.61 Å². The van der Waals surface area contributed by atoms with Crippen LogP contribution in [0.4, 0.5) is 0 Å². The van der Waals surface area contributed by atoms with Crippen molar-refractivity contribution in [2.45, 2.75) is 32.1 Å². The van der Waals surface area contributed by atoms with Crippen LogP contribution >= 0.6 is 0 Å². The maximum absolute atomic E-state index is 9.97. The van der Waals surface area contributed by atoms with Gasteiger partial charge in [0.05, 0.1) is 0 Å². The van der Waals surface area contributed by atoms with Gasteiger partial charge in [-0.3, -0.25) is 0 Å². The number of rotatable bonds is 6. The van der Waals surface area contributed by atoms with E-state index in [1.54, 1.807) is 6.07 Å². The van der Waals surface area contributed by atoms with Crippen LogP contribution in [-0.2, 0) is 6.42 Å². The number of aliphatic hydroxyl groups is 1. The largest absolute Gasteiger partial charge is 0.508 e. The Morgan fingerprint density at radius 1 is 0.833 bits per heavy atom. The Hall–Kier alpha value is -1.54. The molecule has 2 heteroatoms. The molecule has 0 bridgehead atoms. The minimum atomic E-state index is 0.277. The van der Waals surface area contributed by atoms with Crippen LogP contribution in [0.15, 0.2) is 36.4 Å². The van der Waals surface area contributed by atoms with Gasteiger partial charge in [0.15, 0.2) is 0 Å². The van der Waals surface area contributed by atoms with Crippen LogP contribution in [0.1, 0.15) is 31.2 Å². The summed E-state index contributed by atoms with van der Waals surface area (Å²) < 4.78 is 0. The Morgan fingerprint density at radius 2 is 1.61 bits per heavy atom.